The molecule has 132 valence electrons. The summed E-state index contributed by atoms with van der Waals surface area (Å²) in [5, 5.41) is 2.23. The Balaban J connectivity index is 1.94. The fourth-order valence-corrected chi connectivity index (χ4v) is 4.31. The quantitative estimate of drug-likeness (QED) is 0.797. The van der Waals surface area contributed by atoms with Crippen LogP contribution in [0.5, 0.6) is 0 Å². The van der Waals surface area contributed by atoms with Crippen molar-refractivity contribution in [2.45, 2.75) is 23.8 Å². The van der Waals surface area contributed by atoms with Crippen LogP contribution in [0.1, 0.15) is 23.2 Å². The van der Waals surface area contributed by atoms with Gasteiger partial charge < -0.3 is 5.32 Å². The zero-order valence-electron chi connectivity index (χ0n) is 12.7. The molecule has 3 rings (SSSR count). The summed E-state index contributed by atoms with van der Waals surface area (Å²) in [6.07, 6.45) is 1.51. The second-order valence-electron chi connectivity index (χ2n) is 5.59. The van der Waals surface area contributed by atoms with Gasteiger partial charge >= 0.3 is 0 Å². The zero-order valence-corrected chi connectivity index (χ0v) is 15.1. The molecule has 5 nitrogen and oxygen atoms in total. The summed E-state index contributed by atoms with van der Waals surface area (Å²) in [5.74, 6) is -1.36. The highest BCUT2D eigenvalue weighted by molar-refractivity contribution is 7.89. The maximum Gasteiger partial charge on any atom is 0.257 e. The van der Waals surface area contributed by atoms with E-state index in [1.807, 2.05) is 0 Å². The van der Waals surface area contributed by atoms with Crippen LogP contribution in [0.15, 0.2) is 41.3 Å². The van der Waals surface area contributed by atoms with Crippen LogP contribution in [-0.2, 0) is 10.0 Å². The van der Waals surface area contributed by atoms with Crippen molar-refractivity contribution in [1.29, 1.82) is 0 Å². The number of benzene rings is 2. The van der Waals surface area contributed by atoms with Crippen molar-refractivity contribution in [3.63, 3.8) is 0 Å². The Morgan fingerprint density at radius 1 is 1.12 bits per heavy atom. The topological polar surface area (TPSA) is 75.3 Å². The van der Waals surface area contributed by atoms with E-state index in [1.165, 1.54) is 24.3 Å². The second-order valence-corrected chi connectivity index (χ2v) is 8.09. The van der Waals surface area contributed by atoms with Gasteiger partial charge in [0.25, 0.3) is 5.91 Å². The highest BCUT2D eigenvalue weighted by atomic mass is 35.5. The first-order valence-electron chi connectivity index (χ1n) is 7.35. The van der Waals surface area contributed by atoms with Gasteiger partial charge in [-0.2, -0.15) is 0 Å². The monoisotopic (exact) mass is 402 g/mol. The van der Waals surface area contributed by atoms with E-state index in [-0.39, 0.29) is 32.2 Å². The van der Waals surface area contributed by atoms with Gasteiger partial charge in [-0.25, -0.2) is 17.5 Å². The van der Waals surface area contributed by atoms with E-state index in [9.17, 15) is 17.6 Å². The molecular formula is C16H13Cl2FN2O3S. The maximum absolute atomic E-state index is 13.7. The summed E-state index contributed by atoms with van der Waals surface area (Å²) in [5.41, 5.74) is -0.162. The van der Waals surface area contributed by atoms with Crippen molar-refractivity contribution >= 4 is 44.8 Å². The third kappa shape index (κ3) is 4.12. The Morgan fingerprint density at radius 2 is 1.80 bits per heavy atom. The first kappa shape index (κ1) is 18.1. The summed E-state index contributed by atoms with van der Waals surface area (Å²) < 4.78 is 40.9. The van der Waals surface area contributed by atoms with Gasteiger partial charge in [0.15, 0.2) is 0 Å². The number of para-hydroxylation sites is 1. The van der Waals surface area contributed by atoms with Crippen LogP contribution in [0.4, 0.5) is 10.1 Å². The minimum absolute atomic E-state index is 0.0378. The molecule has 2 aromatic rings. The fraction of sp³-hybridized carbons (Fsp3) is 0.188. The Kier molecular flexibility index (Phi) is 5.02. The molecule has 0 unspecified atom stereocenters. The fourth-order valence-electron chi connectivity index (χ4n) is 2.15. The number of sulfonamides is 1. The zero-order chi connectivity index (χ0) is 18.2. The molecule has 2 N–H and O–H groups in total. The van der Waals surface area contributed by atoms with Crippen LogP contribution >= 0.6 is 23.2 Å². The van der Waals surface area contributed by atoms with Gasteiger partial charge in [0, 0.05) is 6.04 Å². The van der Waals surface area contributed by atoms with Crippen LogP contribution in [0.3, 0.4) is 0 Å². The number of anilines is 1. The number of carbonyl (C=O) groups excluding carboxylic acids is 1. The summed E-state index contributed by atoms with van der Waals surface area (Å²) in [6.45, 7) is 0. The first-order chi connectivity index (χ1) is 11.8. The molecule has 25 heavy (non-hydrogen) atoms. The number of rotatable bonds is 5. The summed E-state index contributed by atoms with van der Waals surface area (Å²) in [6, 6.07) is 7.75. The van der Waals surface area contributed by atoms with Crippen molar-refractivity contribution in [1.82, 2.24) is 4.72 Å². The van der Waals surface area contributed by atoms with E-state index in [2.05, 4.69) is 10.0 Å². The Morgan fingerprint density at radius 3 is 2.44 bits per heavy atom. The molecule has 2 aromatic carbocycles. The molecule has 0 aromatic heterocycles. The van der Waals surface area contributed by atoms with Gasteiger partial charge in [-0.3, -0.25) is 4.79 Å². The van der Waals surface area contributed by atoms with Crippen LogP contribution in [0.2, 0.25) is 10.0 Å². The predicted octanol–water partition coefficient (Wildman–Crippen LogP) is 3.83. The van der Waals surface area contributed by atoms with Crippen LogP contribution < -0.4 is 10.0 Å². The lowest BCUT2D eigenvalue weighted by Gasteiger charge is -2.12. The Hall–Kier alpha value is -1.67. The molecule has 1 aliphatic carbocycles. The van der Waals surface area contributed by atoms with Crippen molar-refractivity contribution in [2.75, 3.05) is 5.32 Å². The van der Waals surface area contributed by atoms with Crippen molar-refractivity contribution in [2.24, 2.45) is 0 Å². The molecule has 0 spiro atoms. The van der Waals surface area contributed by atoms with Crippen molar-refractivity contribution in [3.8, 4) is 0 Å². The average molecular weight is 403 g/mol. The molecule has 0 atom stereocenters. The standard InChI is InChI=1S/C16H13Cl2FN2O3S/c17-11-8-12(18)15(25(23,24)21-9-5-6-9)7-10(11)16(22)20-14-4-2-1-3-13(14)19/h1-4,7-9,21H,5-6H2,(H,20,22). The molecule has 0 bridgehead atoms. The lowest BCUT2D eigenvalue weighted by molar-refractivity contribution is 0.102. The minimum Gasteiger partial charge on any atom is -0.319 e. The molecule has 0 heterocycles. The maximum atomic E-state index is 13.7. The lowest BCUT2D eigenvalue weighted by Crippen LogP contribution is -2.26. The number of hydrogen-bond acceptors (Lipinski definition) is 3. The molecular weight excluding hydrogens is 390 g/mol. The number of hydrogen-bond donors (Lipinski definition) is 2. The Bertz CT molecular complexity index is 946. The van der Waals surface area contributed by atoms with E-state index in [0.29, 0.717) is 0 Å². The molecule has 0 radical (unpaired) electrons. The molecule has 1 fully saturated rings. The average Bonchev–Trinajstić information content (AvgIpc) is 3.32. The largest absolute Gasteiger partial charge is 0.319 e. The molecule has 9 heteroatoms. The highest BCUT2D eigenvalue weighted by Crippen LogP contribution is 2.31. The van der Waals surface area contributed by atoms with Gasteiger partial charge in [-0.1, -0.05) is 35.3 Å². The van der Waals surface area contributed by atoms with Crippen LogP contribution in [-0.4, -0.2) is 20.4 Å². The molecule has 1 saturated carbocycles. The smallest absolute Gasteiger partial charge is 0.257 e. The summed E-state index contributed by atoms with van der Waals surface area (Å²) in [4.78, 5) is 12.1. The number of carbonyl (C=O) groups is 1. The van der Waals surface area contributed by atoms with Gasteiger partial charge in [-0.15, -0.1) is 0 Å². The van der Waals surface area contributed by atoms with Crippen LogP contribution in [0, 0.1) is 5.82 Å². The second kappa shape index (κ2) is 6.92. The summed E-state index contributed by atoms with van der Waals surface area (Å²) >= 11 is 12.0. The van der Waals surface area contributed by atoms with E-state index in [1.54, 1.807) is 6.07 Å². The molecule has 0 saturated heterocycles. The number of amides is 1. The van der Waals surface area contributed by atoms with E-state index < -0.39 is 21.7 Å². The van der Waals surface area contributed by atoms with E-state index in [4.69, 9.17) is 23.2 Å². The molecule has 1 amide bonds. The Labute approximate surface area is 154 Å². The van der Waals surface area contributed by atoms with Crippen molar-refractivity contribution < 1.29 is 17.6 Å². The third-order valence-electron chi connectivity index (χ3n) is 3.58. The highest BCUT2D eigenvalue weighted by Gasteiger charge is 2.30. The normalized spacial score (nSPS) is 14.4. The van der Waals surface area contributed by atoms with Gasteiger partial charge in [0.2, 0.25) is 10.0 Å². The summed E-state index contributed by atoms with van der Waals surface area (Å²) in [7, 11) is -3.88. The van der Waals surface area contributed by atoms with Crippen molar-refractivity contribution in [3.05, 3.63) is 57.8 Å². The SMILES string of the molecule is O=C(Nc1ccccc1F)c1cc(S(=O)(=O)NC2CC2)c(Cl)cc1Cl. The van der Waals surface area contributed by atoms with Gasteiger partial charge in [-0.05, 0) is 37.1 Å². The first-order valence-corrected chi connectivity index (χ1v) is 9.59. The third-order valence-corrected chi connectivity index (χ3v) is 5.87. The predicted molar refractivity (Wildman–Crippen MR) is 94.2 cm³/mol. The number of halogens is 3. The van der Waals surface area contributed by atoms with E-state index >= 15 is 0 Å². The lowest BCUT2D eigenvalue weighted by atomic mass is 10.2. The van der Waals surface area contributed by atoms with Gasteiger partial charge in [0.1, 0.15) is 10.7 Å². The van der Waals surface area contributed by atoms with E-state index in [0.717, 1.165) is 18.9 Å². The van der Waals surface area contributed by atoms with Gasteiger partial charge in [0.05, 0.1) is 21.3 Å². The minimum atomic E-state index is -3.88. The number of nitrogens with one attached hydrogen (secondary N) is 2. The molecule has 0 aliphatic heterocycles. The molecule has 1 aliphatic rings. The van der Waals surface area contributed by atoms with Crippen LogP contribution in [0.25, 0.3) is 0 Å².